The fourth-order valence-electron chi connectivity index (χ4n) is 3.64. The molecule has 2 aliphatic rings. The summed E-state index contributed by atoms with van der Waals surface area (Å²) in [6.45, 7) is 5.33. The van der Waals surface area contributed by atoms with E-state index in [9.17, 15) is 0 Å². The molecule has 0 aromatic heterocycles. The first-order valence-electron chi connectivity index (χ1n) is 7.13. The van der Waals surface area contributed by atoms with Gasteiger partial charge in [-0.15, -0.1) is 0 Å². The zero-order valence-corrected chi connectivity index (χ0v) is 12.0. The number of hydrogen-bond acceptors (Lipinski definition) is 4. The zero-order valence-electron chi connectivity index (χ0n) is 12.0. The lowest BCUT2D eigenvalue weighted by atomic mass is 9.95. The molecule has 2 N–H and O–H groups in total. The molecule has 1 saturated carbocycles. The van der Waals surface area contributed by atoms with E-state index in [1.54, 1.807) is 14.2 Å². The van der Waals surface area contributed by atoms with Crippen LogP contribution in [0, 0.1) is 11.8 Å². The Bertz CT molecular complexity index is 259. The third-order valence-electron chi connectivity index (χ3n) is 5.06. The fourth-order valence-corrected chi connectivity index (χ4v) is 3.64. The van der Waals surface area contributed by atoms with Crippen molar-refractivity contribution >= 4 is 0 Å². The summed E-state index contributed by atoms with van der Waals surface area (Å²) in [5.41, 5.74) is 6.04. The molecule has 3 unspecified atom stereocenters. The van der Waals surface area contributed by atoms with E-state index in [4.69, 9.17) is 15.2 Å². The minimum Gasteiger partial charge on any atom is -0.356 e. The molecule has 0 radical (unpaired) electrons. The summed E-state index contributed by atoms with van der Waals surface area (Å²) >= 11 is 0. The molecular formula is C14H28N2O2. The Balaban J connectivity index is 1.99. The van der Waals surface area contributed by atoms with Crippen LogP contribution in [0.5, 0.6) is 0 Å². The van der Waals surface area contributed by atoms with Crippen molar-refractivity contribution in [2.75, 3.05) is 33.9 Å². The Hall–Kier alpha value is -0.160. The minimum absolute atomic E-state index is 0.00102. The second-order valence-corrected chi connectivity index (χ2v) is 6.16. The number of nitrogens with zero attached hydrogens (tertiary/aromatic N) is 1. The van der Waals surface area contributed by atoms with Gasteiger partial charge in [0, 0.05) is 45.8 Å². The second kappa shape index (κ2) is 5.87. The zero-order chi connectivity index (χ0) is 13.2. The van der Waals surface area contributed by atoms with E-state index in [1.165, 1.54) is 32.4 Å². The molecule has 1 heterocycles. The maximum absolute atomic E-state index is 6.04. The molecule has 0 spiro atoms. The van der Waals surface area contributed by atoms with Crippen molar-refractivity contribution in [2.45, 2.75) is 44.4 Å². The molecule has 106 valence electrons. The van der Waals surface area contributed by atoms with Crippen molar-refractivity contribution in [1.29, 1.82) is 0 Å². The Morgan fingerprint density at radius 1 is 1.22 bits per heavy atom. The molecule has 1 aliphatic carbocycles. The van der Waals surface area contributed by atoms with Crippen LogP contribution in [0.25, 0.3) is 0 Å². The SMILES string of the molecule is COC(CC(C)(CN)N1CC2CCCC2C1)OC. The number of methoxy groups -OCH3 is 2. The topological polar surface area (TPSA) is 47.7 Å². The molecule has 0 amide bonds. The van der Waals surface area contributed by atoms with E-state index in [0.717, 1.165) is 18.3 Å². The number of hydrogen-bond donors (Lipinski definition) is 1. The average molecular weight is 256 g/mol. The first kappa shape index (κ1) is 14.3. The third kappa shape index (κ3) is 2.72. The normalized spacial score (nSPS) is 31.8. The van der Waals surface area contributed by atoms with E-state index in [2.05, 4.69) is 11.8 Å². The van der Waals surface area contributed by atoms with Crippen LogP contribution in [0.15, 0.2) is 0 Å². The van der Waals surface area contributed by atoms with Crippen molar-refractivity contribution in [3.63, 3.8) is 0 Å². The van der Waals surface area contributed by atoms with E-state index in [0.29, 0.717) is 6.54 Å². The van der Waals surface area contributed by atoms with Gasteiger partial charge in [-0.05, 0) is 31.6 Å². The maximum atomic E-state index is 6.04. The summed E-state index contributed by atoms with van der Waals surface area (Å²) in [4.78, 5) is 2.58. The fraction of sp³-hybridized carbons (Fsp3) is 1.00. The smallest absolute Gasteiger partial charge is 0.158 e. The highest BCUT2D eigenvalue weighted by Crippen LogP contribution is 2.41. The third-order valence-corrected chi connectivity index (χ3v) is 5.06. The van der Waals surface area contributed by atoms with Crippen LogP contribution in [0.4, 0.5) is 0 Å². The molecule has 18 heavy (non-hydrogen) atoms. The summed E-state index contributed by atoms with van der Waals surface area (Å²) < 4.78 is 10.7. The summed E-state index contributed by atoms with van der Waals surface area (Å²) in [6, 6.07) is 0. The predicted octanol–water partition coefficient (Wildman–Crippen LogP) is 1.44. The molecule has 4 heteroatoms. The molecule has 0 aromatic carbocycles. The quantitative estimate of drug-likeness (QED) is 0.731. The molecule has 1 saturated heterocycles. The van der Waals surface area contributed by atoms with Gasteiger partial charge >= 0.3 is 0 Å². The van der Waals surface area contributed by atoms with Crippen LogP contribution in [0.1, 0.15) is 32.6 Å². The standard InChI is InChI=1S/C14H28N2O2/c1-14(10-15,7-13(17-2)18-3)16-8-11-5-4-6-12(11)9-16/h11-13H,4-10,15H2,1-3H3. The molecule has 0 aromatic rings. The van der Waals surface area contributed by atoms with E-state index in [-0.39, 0.29) is 11.8 Å². The second-order valence-electron chi connectivity index (χ2n) is 6.16. The van der Waals surface area contributed by atoms with Gasteiger partial charge in [0.05, 0.1) is 0 Å². The lowest BCUT2D eigenvalue weighted by molar-refractivity contribution is -0.127. The first-order chi connectivity index (χ1) is 8.62. The maximum Gasteiger partial charge on any atom is 0.158 e. The van der Waals surface area contributed by atoms with Gasteiger partial charge in [0.2, 0.25) is 0 Å². The van der Waals surface area contributed by atoms with Gasteiger partial charge in [-0.2, -0.15) is 0 Å². The van der Waals surface area contributed by atoms with Gasteiger partial charge in [-0.3, -0.25) is 4.90 Å². The Morgan fingerprint density at radius 2 is 1.78 bits per heavy atom. The van der Waals surface area contributed by atoms with Crippen molar-refractivity contribution in [2.24, 2.45) is 17.6 Å². The van der Waals surface area contributed by atoms with Crippen molar-refractivity contribution < 1.29 is 9.47 Å². The van der Waals surface area contributed by atoms with Gasteiger partial charge < -0.3 is 15.2 Å². The summed E-state index contributed by atoms with van der Waals surface area (Å²) in [5, 5.41) is 0. The van der Waals surface area contributed by atoms with Gasteiger partial charge in [0.1, 0.15) is 0 Å². The highest BCUT2D eigenvalue weighted by atomic mass is 16.7. The highest BCUT2D eigenvalue weighted by Gasteiger charge is 2.43. The number of ether oxygens (including phenoxy) is 2. The first-order valence-corrected chi connectivity index (χ1v) is 7.13. The summed E-state index contributed by atoms with van der Waals surface area (Å²) in [7, 11) is 3.40. The van der Waals surface area contributed by atoms with Crippen LogP contribution in [0.2, 0.25) is 0 Å². The largest absolute Gasteiger partial charge is 0.356 e. The molecule has 2 fully saturated rings. The van der Waals surface area contributed by atoms with Crippen LogP contribution in [0.3, 0.4) is 0 Å². The van der Waals surface area contributed by atoms with Crippen molar-refractivity contribution in [3.05, 3.63) is 0 Å². The molecule has 0 bridgehead atoms. The molecule has 2 rings (SSSR count). The van der Waals surface area contributed by atoms with Crippen LogP contribution in [-0.4, -0.2) is 50.6 Å². The van der Waals surface area contributed by atoms with Crippen LogP contribution >= 0.6 is 0 Å². The van der Waals surface area contributed by atoms with E-state index < -0.39 is 0 Å². The molecular weight excluding hydrogens is 228 g/mol. The van der Waals surface area contributed by atoms with Crippen molar-refractivity contribution in [3.8, 4) is 0 Å². The lowest BCUT2D eigenvalue weighted by Crippen LogP contribution is -2.53. The van der Waals surface area contributed by atoms with Gasteiger partial charge in [0.15, 0.2) is 6.29 Å². The Morgan fingerprint density at radius 3 is 2.22 bits per heavy atom. The van der Waals surface area contributed by atoms with Gasteiger partial charge in [-0.25, -0.2) is 0 Å². The van der Waals surface area contributed by atoms with Gasteiger partial charge in [-0.1, -0.05) is 6.42 Å². The lowest BCUT2D eigenvalue weighted by Gasteiger charge is -2.40. The van der Waals surface area contributed by atoms with Crippen LogP contribution in [-0.2, 0) is 9.47 Å². The number of likely N-dealkylation sites (tertiary alicyclic amines) is 1. The number of rotatable bonds is 6. The Labute approximate surface area is 111 Å². The molecule has 1 aliphatic heterocycles. The highest BCUT2D eigenvalue weighted by molar-refractivity contribution is 4.97. The van der Waals surface area contributed by atoms with E-state index in [1.807, 2.05) is 0 Å². The summed E-state index contributed by atoms with van der Waals surface area (Å²) in [6.07, 6.45) is 4.91. The van der Waals surface area contributed by atoms with E-state index >= 15 is 0 Å². The number of nitrogens with two attached hydrogens (primary N) is 1. The Kier molecular flexibility index (Phi) is 4.64. The monoisotopic (exact) mass is 256 g/mol. The van der Waals surface area contributed by atoms with Crippen LogP contribution < -0.4 is 5.73 Å². The minimum atomic E-state index is -0.154. The van der Waals surface area contributed by atoms with Crippen molar-refractivity contribution in [1.82, 2.24) is 4.90 Å². The predicted molar refractivity (Wildman–Crippen MR) is 72.3 cm³/mol. The number of fused-ring (bicyclic) bond motifs is 1. The molecule has 4 nitrogen and oxygen atoms in total. The molecule has 3 atom stereocenters. The summed E-state index contributed by atoms with van der Waals surface area (Å²) in [5.74, 6) is 1.80. The van der Waals surface area contributed by atoms with Gasteiger partial charge in [0.25, 0.3) is 0 Å². The average Bonchev–Trinajstić information content (AvgIpc) is 2.96.